The van der Waals surface area contributed by atoms with Gasteiger partial charge < -0.3 is 15.0 Å². The Balaban J connectivity index is 0.00000364. The Labute approximate surface area is 179 Å². The Morgan fingerprint density at radius 1 is 1.44 bits per heavy atom. The van der Waals surface area contributed by atoms with Gasteiger partial charge in [0.1, 0.15) is 6.10 Å². The van der Waals surface area contributed by atoms with Crippen LogP contribution in [0.4, 0.5) is 0 Å². The van der Waals surface area contributed by atoms with Crippen molar-refractivity contribution in [3.8, 4) is 0 Å². The zero-order valence-electron chi connectivity index (χ0n) is 16.2. The van der Waals surface area contributed by atoms with Gasteiger partial charge in [0, 0.05) is 45.0 Å². The van der Waals surface area contributed by atoms with E-state index in [1.165, 1.54) is 0 Å². The highest BCUT2D eigenvalue weighted by molar-refractivity contribution is 14.0. The number of morpholine rings is 1. The Morgan fingerprint density at radius 2 is 2.22 bits per heavy atom. The molecule has 1 aromatic heterocycles. The van der Waals surface area contributed by atoms with Gasteiger partial charge in [-0.15, -0.1) is 24.0 Å². The summed E-state index contributed by atoms with van der Waals surface area (Å²) in [6.45, 7) is 7.50. The molecule has 0 spiro atoms. The van der Waals surface area contributed by atoms with Crippen LogP contribution in [-0.2, 0) is 21.8 Å². The zero-order valence-corrected chi connectivity index (χ0v) is 19.4. The summed E-state index contributed by atoms with van der Waals surface area (Å²) >= 11 is 0. The van der Waals surface area contributed by atoms with Gasteiger partial charge in [0.15, 0.2) is 5.96 Å². The Kier molecular flexibility index (Phi) is 10.6. The molecule has 1 atom stereocenters. The number of hydrogen-bond acceptors (Lipinski definition) is 5. The van der Waals surface area contributed by atoms with Crippen LogP contribution in [-0.4, -0.2) is 74.1 Å². The molecular formula is C16H31IN6O3S. The molecule has 2 heterocycles. The van der Waals surface area contributed by atoms with Gasteiger partial charge in [-0.25, -0.2) is 13.1 Å². The predicted molar refractivity (Wildman–Crippen MR) is 117 cm³/mol. The van der Waals surface area contributed by atoms with E-state index in [9.17, 15) is 8.42 Å². The SMILES string of the molecule is CCNC(=NCCCNS(=O)(=O)CC)N1CCOC(c2cnn(C)c2)C1.I. The van der Waals surface area contributed by atoms with E-state index < -0.39 is 10.0 Å². The van der Waals surface area contributed by atoms with Crippen LogP contribution in [0.15, 0.2) is 17.4 Å². The van der Waals surface area contributed by atoms with E-state index in [-0.39, 0.29) is 35.8 Å². The van der Waals surface area contributed by atoms with E-state index in [0.29, 0.717) is 32.7 Å². The fourth-order valence-electron chi connectivity index (χ4n) is 2.67. The third-order valence-corrected chi connectivity index (χ3v) is 5.50. The number of nitrogens with zero attached hydrogens (tertiary/aromatic N) is 4. The fraction of sp³-hybridized carbons (Fsp3) is 0.750. The van der Waals surface area contributed by atoms with Crippen LogP contribution in [0.5, 0.6) is 0 Å². The normalized spacial score (nSPS) is 18.3. The number of aryl methyl sites for hydroxylation is 1. The highest BCUT2D eigenvalue weighted by Gasteiger charge is 2.25. The monoisotopic (exact) mass is 514 g/mol. The molecule has 1 saturated heterocycles. The van der Waals surface area contributed by atoms with Gasteiger partial charge in [-0.05, 0) is 20.3 Å². The molecule has 1 aliphatic heterocycles. The average Bonchev–Trinajstić information content (AvgIpc) is 3.07. The van der Waals surface area contributed by atoms with Gasteiger partial charge in [-0.2, -0.15) is 5.10 Å². The maximum Gasteiger partial charge on any atom is 0.211 e. The molecule has 0 radical (unpaired) electrons. The van der Waals surface area contributed by atoms with Gasteiger partial charge in [0.05, 0.1) is 25.1 Å². The van der Waals surface area contributed by atoms with Crippen molar-refractivity contribution in [2.45, 2.75) is 26.4 Å². The molecule has 1 aliphatic rings. The van der Waals surface area contributed by atoms with Crippen molar-refractivity contribution in [2.24, 2.45) is 12.0 Å². The smallest absolute Gasteiger partial charge is 0.211 e. The standard InChI is InChI=1S/C16H30N6O3S.HI/c1-4-17-16(18-7-6-8-20-26(23,24)5-2)22-9-10-25-15(13-22)14-11-19-21(3)12-14;/h11-12,15,20H,4-10,13H2,1-3H3,(H,17,18);1H. The molecule has 9 nitrogen and oxygen atoms in total. The maximum absolute atomic E-state index is 11.4. The van der Waals surface area contributed by atoms with Gasteiger partial charge in [0.2, 0.25) is 10.0 Å². The lowest BCUT2D eigenvalue weighted by atomic mass is 10.1. The molecule has 2 N–H and O–H groups in total. The molecule has 1 unspecified atom stereocenters. The van der Waals surface area contributed by atoms with Gasteiger partial charge >= 0.3 is 0 Å². The van der Waals surface area contributed by atoms with Crippen LogP contribution in [0.25, 0.3) is 0 Å². The van der Waals surface area contributed by atoms with Crippen molar-refractivity contribution in [3.05, 3.63) is 18.0 Å². The maximum atomic E-state index is 11.4. The summed E-state index contributed by atoms with van der Waals surface area (Å²) in [6.07, 6.45) is 4.43. The fourth-order valence-corrected chi connectivity index (χ4v) is 3.33. The van der Waals surface area contributed by atoms with E-state index in [0.717, 1.165) is 24.6 Å². The van der Waals surface area contributed by atoms with Crippen molar-refractivity contribution in [3.63, 3.8) is 0 Å². The Hall–Kier alpha value is -0.920. The molecule has 0 bridgehead atoms. The molecule has 156 valence electrons. The van der Waals surface area contributed by atoms with Crippen molar-refractivity contribution < 1.29 is 13.2 Å². The van der Waals surface area contributed by atoms with Crippen molar-refractivity contribution in [1.82, 2.24) is 24.7 Å². The first-order valence-corrected chi connectivity index (χ1v) is 10.7. The zero-order chi connectivity index (χ0) is 19.0. The lowest BCUT2D eigenvalue weighted by Crippen LogP contribution is -2.48. The van der Waals surface area contributed by atoms with E-state index in [1.807, 2.05) is 26.4 Å². The number of hydrogen-bond donors (Lipinski definition) is 2. The average molecular weight is 514 g/mol. The minimum atomic E-state index is -3.14. The summed E-state index contributed by atoms with van der Waals surface area (Å²) in [6, 6.07) is 0. The number of aromatic nitrogens is 2. The molecule has 1 aromatic rings. The van der Waals surface area contributed by atoms with E-state index in [4.69, 9.17) is 4.74 Å². The summed E-state index contributed by atoms with van der Waals surface area (Å²) in [5.74, 6) is 0.936. The summed E-state index contributed by atoms with van der Waals surface area (Å²) in [5.41, 5.74) is 1.06. The van der Waals surface area contributed by atoms with Gasteiger partial charge in [-0.3, -0.25) is 9.67 Å². The number of guanidine groups is 1. The summed E-state index contributed by atoms with van der Waals surface area (Å²) < 4.78 is 33.1. The summed E-state index contributed by atoms with van der Waals surface area (Å²) in [5, 5.41) is 7.52. The van der Waals surface area contributed by atoms with Crippen LogP contribution in [0, 0.1) is 0 Å². The third kappa shape index (κ3) is 7.92. The van der Waals surface area contributed by atoms with Gasteiger partial charge in [0.25, 0.3) is 0 Å². The van der Waals surface area contributed by atoms with Crippen molar-refractivity contribution in [1.29, 1.82) is 0 Å². The first-order chi connectivity index (χ1) is 12.4. The molecule has 1 fully saturated rings. The molecular weight excluding hydrogens is 483 g/mol. The van der Waals surface area contributed by atoms with Crippen molar-refractivity contribution in [2.75, 3.05) is 45.1 Å². The number of ether oxygens (including phenoxy) is 1. The number of sulfonamides is 1. The van der Waals surface area contributed by atoms with Crippen LogP contribution in [0.2, 0.25) is 0 Å². The number of aliphatic imine (C=N–C) groups is 1. The first kappa shape index (κ1) is 24.1. The predicted octanol–water partition coefficient (Wildman–Crippen LogP) is 0.706. The molecule has 0 amide bonds. The molecule has 0 aromatic carbocycles. The molecule has 0 aliphatic carbocycles. The molecule has 11 heteroatoms. The van der Waals surface area contributed by atoms with Crippen molar-refractivity contribution >= 4 is 40.0 Å². The first-order valence-electron chi connectivity index (χ1n) is 9.06. The minimum Gasteiger partial charge on any atom is -0.370 e. The number of halogens is 1. The second-order valence-corrected chi connectivity index (χ2v) is 8.24. The highest BCUT2D eigenvalue weighted by Crippen LogP contribution is 2.21. The molecule has 27 heavy (non-hydrogen) atoms. The second-order valence-electron chi connectivity index (χ2n) is 6.14. The Morgan fingerprint density at radius 3 is 2.85 bits per heavy atom. The third-order valence-electron chi connectivity index (χ3n) is 4.10. The largest absolute Gasteiger partial charge is 0.370 e. The summed E-state index contributed by atoms with van der Waals surface area (Å²) in [7, 11) is -1.24. The van der Waals surface area contributed by atoms with Crippen LogP contribution < -0.4 is 10.0 Å². The van der Waals surface area contributed by atoms with Crippen LogP contribution >= 0.6 is 24.0 Å². The van der Waals surface area contributed by atoms with E-state index >= 15 is 0 Å². The number of rotatable bonds is 8. The van der Waals surface area contributed by atoms with E-state index in [1.54, 1.807) is 11.6 Å². The topological polar surface area (TPSA) is 101 Å². The minimum absolute atomic E-state index is 0. The second kappa shape index (κ2) is 11.8. The lowest BCUT2D eigenvalue weighted by Gasteiger charge is -2.34. The van der Waals surface area contributed by atoms with E-state index in [2.05, 4.69) is 25.0 Å². The molecule has 2 rings (SSSR count). The molecule has 0 saturated carbocycles. The Bertz CT molecular complexity index is 694. The summed E-state index contributed by atoms with van der Waals surface area (Å²) in [4.78, 5) is 6.82. The van der Waals surface area contributed by atoms with Crippen LogP contribution in [0.1, 0.15) is 31.9 Å². The quantitative estimate of drug-likeness (QED) is 0.230. The number of nitrogens with one attached hydrogen (secondary N) is 2. The highest BCUT2D eigenvalue weighted by atomic mass is 127. The lowest BCUT2D eigenvalue weighted by molar-refractivity contribution is -0.00804. The van der Waals surface area contributed by atoms with Gasteiger partial charge in [-0.1, -0.05) is 0 Å². The van der Waals surface area contributed by atoms with Crippen LogP contribution in [0.3, 0.4) is 0 Å².